The second kappa shape index (κ2) is 8.86. The van der Waals surface area contributed by atoms with Gasteiger partial charge in [0.2, 0.25) is 5.69 Å². The molecule has 1 aromatic carbocycles. The molecule has 0 spiro atoms. The number of ether oxygens (including phenoxy) is 1. The van der Waals surface area contributed by atoms with Crippen molar-refractivity contribution in [3.63, 3.8) is 0 Å². The molecule has 2 aliphatic heterocycles. The number of fused-ring (bicyclic) bond motifs is 3. The Morgan fingerprint density at radius 1 is 1.03 bits per heavy atom. The van der Waals surface area contributed by atoms with Crippen LogP contribution in [0.2, 0.25) is 0 Å². The van der Waals surface area contributed by atoms with Gasteiger partial charge in [0, 0.05) is 24.2 Å². The molecule has 2 aromatic rings. The van der Waals surface area contributed by atoms with E-state index in [4.69, 9.17) is 4.74 Å². The minimum absolute atomic E-state index is 0.0855. The van der Waals surface area contributed by atoms with Gasteiger partial charge >= 0.3 is 5.97 Å². The third-order valence-electron chi connectivity index (χ3n) is 8.37. The molecule has 1 aliphatic carbocycles. The lowest BCUT2D eigenvalue weighted by Gasteiger charge is -2.54. The molecule has 0 radical (unpaired) electrons. The maximum atomic E-state index is 13.6. The van der Waals surface area contributed by atoms with Crippen molar-refractivity contribution in [3.05, 3.63) is 40.3 Å². The summed E-state index contributed by atoms with van der Waals surface area (Å²) in [4.78, 5) is 33.4. The minimum atomic E-state index is -0.621. The van der Waals surface area contributed by atoms with Gasteiger partial charge in [-0.3, -0.25) is 9.69 Å². The zero-order chi connectivity index (χ0) is 23.2. The van der Waals surface area contributed by atoms with E-state index in [0.717, 1.165) is 18.4 Å². The molecule has 178 valence electrons. The van der Waals surface area contributed by atoms with Crippen molar-refractivity contribution < 1.29 is 9.53 Å². The summed E-state index contributed by atoms with van der Waals surface area (Å²) in [6, 6.07) is 9.49. The molecule has 2 saturated heterocycles. The monoisotopic (exact) mass is 451 g/mol. The summed E-state index contributed by atoms with van der Waals surface area (Å²) in [5.74, 6) is -0.621. The number of aromatic nitrogens is 2. The molecule has 1 unspecified atom stereocenters. The Kier molecular flexibility index (Phi) is 6.06. The second-order valence-electron chi connectivity index (χ2n) is 11.1. The van der Waals surface area contributed by atoms with Gasteiger partial charge in [0.05, 0.1) is 17.6 Å². The van der Waals surface area contributed by atoms with Crippen LogP contribution in [0.15, 0.2) is 29.1 Å². The fourth-order valence-electron chi connectivity index (χ4n) is 6.73. The number of hydrogen-bond acceptors (Lipinski definition) is 5. The summed E-state index contributed by atoms with van der Waals surface area (Å²) >= 11 is 0. The SMILES string of the molecule is CCOC(=O)c1nc2ccccc2n(C2C[C@H]3CCC[C@@H](C2)N3C2CCC(C)(C)CC2)c1=O. The lowest BCUT2D eigenvalue weighted by molar-refractivity contribution is -0.0377. The van der Waals surface area contributed by atoms with Crippen LogP contribution >= 0.6 is 0 Å². The molecular weight excluding hydrogens is 414 g/mol. The van der Waals surface area contributed by atoms with Crippen LogP contribution in [0.5, 0.6) is 0 Å². The Bertz CT molecular complexity index is 1070. The number of hydrogen-bond donors (Lipinski definition) is 0. The van der Waals surface area contributed by atoms with Crippen LogP contribution in [0, 0.1) is 5.41 Å². The Hall–Kier alpha value is -2.21. The molecule has 3 fully saturated rings. The number of benzene rings is 1. The highest BCUT2D eigenvalue weighted by Gasteiger charge is 2.44. The first kappa shape index (κ1) is 22.6. The smallest absolute Gasteiger partial charge is 0.362 e. The van der Waals surface area contributed by atoms with Crippen LogP contribution < -0.4 is 5.56 Å². The summed E-state index contributed by atoms with van der Waals surface area (Å²) in [6.45, 7) is 6.78. The van der Waals surface area contributed by atoms with Gasteiger partial charge < -0.3 is 9.30 Å². The normalized spacial score (nSPS) is 28.0. The highest BCUT2D eigenvalue weighted by atomic mass is 16.5. The van der Waals surface area contributed by atoms with Gasteiger partial charge in [-0.15, -0.1) is 0 Å². The molecule has 3 aliphatic rings. The minimum Gasteiger partial charge on any atom is -0.461 e. The topological polar surface area (TPSA) is 64.4 Å². The van der Waals surface area contributed by atoms with E-state index < -0.39 is 5.97 Å². The van der Waals surface area contributed by atoms with Crippen molar-refractivity contribution in [1.29, 1.82) is 0 Å². The van der Waals surface area contributed by atoms with Crippen molar-refractivity contribution in [2.24, 2.45) is 5.41 Å². The number of para-hydroxylation sites is 2. The number of piperidine rings is 2. The molecule has 3 heterocycles. The van der Waals surface area contributed by atoms with Crippen molar-refractivity contribution in [3.8, 4) is 0 Å². The zero-order valence-electron chi connectivity index (χ0n) is 20.3. The van der Waals surface area contributed by atoms with E-state index in [9.17, 15) is 9.59 Å². The summed E-state index contributed by atoms with van der Waals surface area (Å²) in [5, 5.41) is 0. The molecule has 1 aromatic heterocycles. The van der Waals surface area contributed by atoms with Gasteiger partial charge in [0.25, 0.3) is 5.56 Å². The van der Waals surface area contributed by atoms with Gasteiger partial charge in [-0.05, 0) is 75.8 Å². The number of carbonyl (C=O) groups is 1. The molecule has 6 heteroatoms. The van der Waals surface area contributed by atoms with Gasteiger partial charge in [-0.1, -0.05) is 32.4 Å². The van der Waals surface area contributed by atoms with E-state index in [1.54, 1.807) is 6.92 Å². The predicted molar refractivity (Wildman–Crippen MR) is 130 cm³/mol. The fourth-order valence-corrected chi connectivity index (χ4v) is 6.73. The first-order chi connectivity index (χ1) is 15.9. The second-order valence-corrected chi connectivity index (χ2v) is 11.1. The van der Waals surface area contributed by atoms with Crippen LogP contribution in [-0.2, 0) is 4.74 Å². The lowest BCUT2D eigenvalue weighted by Crippen LogP contribution is -2.58. The number of rotatable bonds is 4. The van der Waals surface area contributed by atoms with Crippen molar-refractivity contribution in [2.75, 3.05) is 6.61 Å². The molecule has 5 rings (SSSR count). The van der Waals surface area contributed by atoms with Gasteiger partial charge in [0.15, 0.2) is 0 Å². The van der Waals surface area contributed by atoms with Crippen molar-refractivity contribution in [1.82, 2.24) is 14.5 Å². The average Bonchev–Trinajstić information content (AvgIpc) is 2.78. The molecule has 1 saturated carbocycles. The van der Waals surface area contributed by atoms with Gasteiger partial charge in [-0.2, -0.15) is 0 Å². The Labute approximate surface area is 196 Å². The third-order valence-corrected chi connectivity index (χ3v) is 8.37. The summed E-state index contributed by atoms with van der Waals surface area (Å²) < 4.78 is 7.04. The first-order valence-corrected chi connectivity index (χ1v) is 12.8. The van der Waals surface area contributed by atoms with Crippen LogP contribution in [0.25, 0.3) is 11.0 Å². The Morgan fingerprint density at radius 3 is 2.36 bits per heavy atom. The van der Waals surface area contributed by atoms with Gasteiger partial charge in [-0.25, -0.2) is 9.78 Å². The Morgan fingerprint density at radius 2 is 1.70 bits per heavy atom. The maximum absolute atomic E-state index is 13.6. The fraction of sp³-hybridized carbons (Fsp3) is 0.667. The van der Waals surface area contributed by atoms with Gasteiger partial charge in [0.1, 0.15) is 0 Å². The van der Waals surface area contributed by atoms with Crippen LogP contribution in [0.3, 0.4) is 0 Å². The summed E-state index contributed by atoms with van der Waals surface area (Å²) in [5.41, 5.74) is 1.59. The lowest BCUT2D eigenvalue weighted by atomic mass is 9.72. The molecule has 0 amide bonds. The quantitative estimate of drug-likeness (QED) is 0.605. The highest BCUT2D eigenvalue weighted by Crippen LogP contribution is 2.45. The highest BCUT2D eigenvalue weighted by molar-refractivity contribution is 5.89. The predicted octanol–water partition coefficient (Wildman–Crippen LogP) is 5.10. The van der Waals surface area contributed by atoms with E-state index in [1.807, 2.05) is 28.8 Å². The first-order valence-electron chi connectivity index (χ1n) is 12.8. The number of nitrogens with zero attached hydrogens (tertiary/aromatic N) is 3. The molecule has 3 atom stereocenters. The number of carbonyl (C=O) groups excluding carboxylic acids is 1. The van der Waals surface area contributed by atoms with Crippen LogP contribution in [0.4, 0.5) is 0 Å². The Balaban J connectivity index is 1.49. The van der Waals surface area contributed by atoms with Crippen molar-refractivity contribution in [2.45, 2.75) is 103 Å². The maximum Gasteiger partial charge on any atom is 0.362 e. The third kappa shape index (κ3) is 4.23. The van der Waals surface area contributed by atoms with E-state index >= 15 is 0 Å². The standard InChI is InChI=1S/C27H37N3O3/c1-4-33-26(32)24-25(31)30(23-11-6-5-10-22(23)28-24)21-16-19-8-7-9-20(17-21)29(19)18-12-14-27(2,3)15-13-18/h5-6,10-11,18-21H,4,7-9,12-17H2,1-3H3/t19-,20+,21?. The van der Waals surface area contributed by atoms with E-state index in [1.165, 1.54) is 44.9 Å². The average molecular weight is 452 g/mol. The van der Waals surface area contributed by atoms with Crippen molar-refractivity contribution >= 4 is 17.0 Å². The van der Waals surface area contributed by atoms with Crippen LogP contribution in [0.1, 0.15) is 95.1 Å². The zero-order valence-corrected chi connectivity index (χ0v) is 20.3. The van der Waals surface area contributed by atoms with E-state index in [0.29, 0.717) is 29.1 Å². The van der Waals surface area contributed by atoms with E-state index in [2.05, 4.69) is 23.7 Å². The molecule has 2 bridgehead atoms. The molecule has 6 nitrogen and oxygen atoms in total. The number of esters is 1. The summed E-state index contributed by atoms with van der Waals surface area (Å²) in [6.07, 6.45) is 10.8. The molecule has 33 heavy (non-hydrogen) atoms. The largest absolute Gasteiger partial charge is 0.461 e. The van der Waals surface area contributed by atoms with Crippen LogP contribution in [-0.4, -0.2) is 45.2 Å². The molecule has 0 N–H and O–H groups in total. The van der Waals surface area contributed by atoms with E-state index in [-0.39, 0.29) is 23.9 Å². The summed E-state index contributed by atoms with van der Waals surface area (Å²) in [7, 11) is 0. The molecular formula is C27H37N3O3.